The molecule has 1 unspecified atom stereocenters. The van der Waals surface area contributed by atoms with Crippen LogP contribution >= 0.6 is 11.3 Å². The van der Waals surface area contributed by atoms with Crippen LogP contribution in [0.4, 0.5) is 0 Å². The van der Waals surface area contributed by atoms with Crippen molar-refractivity contribution < 1.29 is 9.53 Å². The molecule has 1 fully saturated rings. The average molecular weight is 477 g/mol. The molecule has 3 aromatic rings. The Labute approximate surface area is 208 Å². The maximum atomic E-state index is 13.1. The molecule has 5 heteroatoms. The number of thiophene rings is 1. The van der Waals surface area contributed by atoms with E-state index in [1.807, 2.05) is 35.7 Å². The van der Waals surface area contributed by atoms with Gasteiger partial charge in [-0.3, -0.25) is 9.69 Å². The minimum Gasteiger partial charge on any atom is -0.496 e. The second-order valence-corrected chi connectivity index (χ2v) is 11.2. The largest absolute Gasteiger partial charge is 0.496 e. The van der Waals surface area contributed by atoms with Crippen molar-refractivity contribution in [1.82, 2.24) is 10.2 Å². The standard InChI is InChI=1S/C29H36N2O2S/c1-29(2,3)23-14-12-21(13-15-23)18-31-16-8-7-9-24(19-31)30-28(32)27-17-22(20-34-27)25-10-5-6-11-26(25)33-4/h5-6,10-15,17,20,24H,7-9,16,18-19H2,1-4H3,(H,30,32). The van der Waals surface area contributed by atoms with E-state index in [4.69, 9.17) is 4.74 Å². The van der Waals surface area contributed by atoms with Crippen molar-refractivity contribution in [2.24, 2.45) is 0 Å². The van der Waals surface area contributed by atoms with Crippen LogP contribution in [-0.4, -0.2) is 37.0 Å². The van der Waals surface area contributed by atoms with Gasteiger partial charge < -0.3 is 10.1 Å². The molecule has 2 aromatic carbocycles. The van der Waals surface area contributed by atoms with E-state index in [0.29, 0.717) is 0 Å². The summed E-state index contributed by atoms with van der Waals surface area (Å²) in [5.74, 6) is 0.842. The van der Waals surface area contributed by atoms with E-state index in [2.05, 4.69) is 55.3 Å². The van der Waals surface area contributed by atoms with Crippen molar-refractivity contribution in [2.45, 2.75) is 58.0 Å². The topological polar surface area (TPSA) is 41.6 Å². The molecule has 0 spiro atoms. The van der Waals surface area contributed by atoms with E-state index in [-0.39, 0.29) is 17.4 Å². The highest BCUT2D eigenvalue weighted by Crippen LogP contribution is 2.33. The number of ether oxygens (including phenoxy) is 1. The summed E-state index contributed by atoms with van der Waals surface area (Å²) in [5.41, 5.74) is 4.90. The summed E-state index contributed by atoms with van der Waals surface area (Å²) in [6.45, 7) is 9.63. The monoisotopic (exact) mass is 476 g/mol. The molecule has 1 aromatic heterocycles. The number of nitrogens with one attached hydrogen (secondary N) is 1. The third kappa shape index (κ3) is 6.08. The van der Waals surface area contributed by atoms with Gasteiger partial charge in [-0.25, -0.2) is 0 Å². The predicted molar refractivity (Wildman–Crippen MR) is 142 cm³/mol. The lowest BCUT2D eigenvalue weighted by atomic mass is 9.87. The first kappa shape index (κ1) is 24.5. The molecule has 1 aliphatic heterocycles. The number of carbonyl (C=O) groups is 1. The quantitative estimate of drug-likeness (QED) is 0.441. The molecular formula is C29H36N2O2S. The molecular weight excluding hydrogens is 440 g/mol. The molecule has 180 valence electrons. The van der Waals surface area contributed by atoms with Crippen LogP contribution < -0.4 is 10.1 Å². The molecule has 1 atom stereocenters. The number of hydrogen-bond acceptors (Lipinski definition) is 4. The first-order valence-electron chi connectivity index (χ1n) is 12.2. The van der Waals surface area contributed by atoms with Crippen molar-refractivity contribution in [3.8, 4) is 16.9 Å². The van der Waals surface area contributed by atoms with Crippen LogP contribution in [0.1, 0.15) is 60.8 Å². The average Bonchev–Trinajstić information content (AvgIpc) is 3.21. The lowest BCUT2D eigenvalue weighted by Gasteiger charge is -2.25. The minimum atomic E-state index is 0.0209. The molecule has 1 N–H and O–H groups in total. The van der Waals surface area contributed by atoms with E-state index in [1.54, 1.807) is 7.11 Å². The predicted octanol–water partition coefficient (Wildman–Crippen LogP) is 6.51. The Morgan fingerprint density at radius 1 is 1.12 bits per heavy atom. The van der Waals surface area contributed by atoms with Crippen LogP contribution in [-0.2, 0) is 12.0 Å². The van der Waals surface area contributed by atoms with Crippen molar-refractivity contribution in [3.05, 3.63) is 76.0 Å². The highest BCUT2D eigenvalue weighted by atomic mass is 32.1. The van der Waals surface area contributed by atoms with Gasteiger partial charge in [0.2, 0.25) is 0 Å². The summed E-state index contributed by atoms with van der Waals surface area (Å²) in [6.07, 6.45) is 3.33. The summed E-state index contributed by atoms with van der Waals surface area (Å²) >= 11 is 1.49. The van der Waals surface area contributed by atoms with Gasteiger partial charge in [-0.2, -0.15) is 0 Å². The van der Waals surface area contributed by atoms with Gasteiger partial charge in [0.25, 0.3) is 5.91 Å². The fraction of sp³-hybridized carbons (Fsp3) is 0.414. The number of benzene rings is 2. The van der Waals surface area contributed by atoms with E-state index in [0.717, 1.165) is 54.2 Å². The van der Waals surface area contributed by atoms with Gasteiger partial charge in [-0.1, -0.05) is 69.7 Å². The number of carbonyl (C=O) groups excluding carboxylic acids is 1. The second kappa shape index (κ2) is 10.7. The highest BCUT2D eigenvalue weighted by molar-refractivity contribution is 7.12. The molecule has 0 aliphatic carbocycles. The zero-order valence-electron chi connectivity index (χ0n) is 20.8. The lowest BCUT2D eigenvalue weighted by molar-refractivity contribution is 0.0929. The molecule has 34 heavy (non-hydrogen) atoms. The zero-order chi connectivity index (χ0) is 24.1. The van der Waals surface area contributed by atoms with Crippen molar-refractivity contribution >= 4 is 17.2 Å². The third-order valence-corrected chi connectivity index (χ3v) is 7.49. The Balaban J connectivity index is 1.39. The Morgan fingerprint density at radius 2 is 1.88 bits per heavy atom. The highest BCUT2D eigenvalue weighted by Gasteiger charge is 2.22. The van der Waals surface area contributed by atoms with Gasteiger partial charge in [-0.15, -0.1) is 11.3 Å². The van der Waals surface area contributed by atoms with Crippen molar-refractivity contribution in [1.29, 1.82) is 0 Å². The molecule has 0 radical (unpaired) electrons. The van der Waals surface area contributed by atoms with Gasteiger partial charge in [0.05, 0.1) is 12.0 Å². The van der Waals surface area contributed by atoms with Crippen molar-refractivity contribution in [2.75, 3.05) is 20.2 Å². The Hall–Kier alpha value is -2.63. The van der Waals surface area contributed by atoms with Crippen molar-refractivity contribution in [3.63, 3.8) is 0 Å². The van der Waals surface area contributed by atoms with Crippen LogP contribution in [0.3, 0.4) is 0 Å². The molecule has 1 amide bonds. The Bertz CT molecular complexity index is 1100. The molecule has 4 nitrogen and oxygen atoms in total. The smallest absolute Gasteiger partial charge is 0.261 e. The number of likely N-dealkylation sites (tertiary alicyclic amines) is 1. The van der Waals surface area contributed by atoms with Gasteiger partial charge in [-0.05, 0) is 59.0 Å². The molecule has 1 saturated heterocycles. The summed E-state index contributed by atoms with van der Waals surface area (Å²) in [7, 11) is 1.68. The van der Waals surface area contributed by atoms with Crippen LogP contribution in [0.25, 0.3) is 11.1 Å². The SMILES string of the molecule is COc1ccccc1-c1csc(C(=O)NC2CCCCN(Cc3ccc(C(C)(C)C)cc3)C2)c1. The van der Waals surface area contributed by atoms with Crippen LogP contribution in [0.2, 0.25) is 0 Å². The van der Waals surface area contributed by atoms with Gasteiger partial charge >= 0.3 is 0 Å². The van der Waals surface area contributed by atoms with E-state index in [1.165, 1.54) is 28.9 Å². The number of methoxy groups -OCH3 is 1. The minimum absolute atomic E-state index is 0.0209. The van der Waals surface area contributed by atoms with E-state index in [9.17, 15) is 4.79 Å². The number of para-hydroxylation sites is 1. The maximum Gasteiger partial charge on any atom is 0.261 e. The van der Waals surface area contributed by atoms with E-state index >= 15 is 0 Å². The normalized spacial score (nSPS) is 17.2. The summed E-state index contributed by atoms with van der Waals surface area (Å²) in [6, 6.07) is 19.1. The first-order valence-corrected chi connectivity index (χ1v) is 13.1. The fourth-order valence-electron chi connectivity index (χ4n) is 4.59. The second-order valence-electron chi connectivity index (χ2n) is 10.2. The van der Waals surface area contributed by atoms with Gasteiger partial charge in [0, 0.05) is 24.7 Å². The van der Waals surface area contributed by atoms with Crippen LogP contribution in [0.5, 0.6) is 5.75 Å². The zero-order valence-corrected chi connectivity index (χ0v) is 21.6. The summed E-state index contributed by atoms with van der Waals surface area (Å²) in [4.78, 5) is 16.3. The third-order valence-electron chi connectivity index (χ3n) is 6.56. The molecule has 1 aliphatic rings. The summed E-state index contributed by atoms with van der Waals surface area (Å²) in [5, 5.41) is 5.35. The Kier molecular flexibility index (Phi) is 7.74. The van der Waals surface area contributed by atoms with E-state index < -0.39 is 0 Å². The summed E-state index contributed by atoms with van der Waals surface area (Å²) < 4.78 is 5.49. The molecule has 4 rings (SSSR count). The van der Waals surface area contributed by atoms with Gasteiger partial charge in [0.15, 0.2) is 0 Å². The van der Waals surface area contributed by atoms with Gasteiger partial charge in [0.1, 0.15) is 5.75 Å². The Morgan fingerprint density at radius 3 is 2.62 bits per heavy atom. The van der Waals surface area contributed by atoms with Crippen LogP contribution in [0, 0.1) is 0 Å². The molecule has 0 bridgehead atoms. The number of hydrogen-bond donors (Lipinski definition) is 1. The lowest BCUT2D eigenvalue weighted by Crippen LogP contribution is -2.42. The number of amides is 1. The fourth-order valence-corrected chi connectivity index (χ4v) is 5.40. The maximum absolute atomic E-state index is 13.1. The molecule has 0 saturated carbocycles. The van der Waals surface area contributed by atoms with Crippen LogP contribution in [0.15, 0.2) is 60.0 Å². The number of nitrogens with zero attached hydrogens (tertiary/aromatic N) is 1. The number of rotatable bonds is 6. The molecule has 2 heterocycles. The first-order chi connectivity index (χ1) is 16.3.